The maximum Gasteiger partial charge on any atom is 0.338 e. The molecule has 2 aromatic carbocycles. The van der Waals surface area contributed by atoms with Crippen LogP contribution in [0.2, 0.25) is 10.0 Å². The Balaban J connectivity index is 1.55. The first-order chi connectivity index (χ1) is 18.2. The van der Waals surface area contributed by atoms with Crippen molar-refractivity contribution in [3.63, 3.8) is 0 Å². The minimum Gasteiger partial charge on any atom is -0.459 e. The molecule has 0 spiro atoms. The lowest BCUT2D eigenvalue weighted by Gasteiger charge is -2.19. The highest BCUT2D eigenvalue weighted by Crippen LogP contribution is 2.31. The van der Waals surface area contributed by atoms with Crippen LogP contribution in [0.15, 0.2) is 64.3 Å². The van der Waals surface area contributed by atoms with Crippen molar-refractivity contribution in [2.24, 2.45) is 0 Å². The van der Waals surface area contributed by atoms with Gasteiger partial charge in [0.2, 0.25) is 0 Å². The molecule has 1 aromatic heterocycles. The van der Waals surface area contributed by atoms with Gasteiger partial charge >= 0.3 is 17.6 Å². The van der Waals surface area contributed by atoms with E-state index in [-0.39, 0.29) is 36.3 Å². The molecule has 1 saturated heterocycles. The molecule has 1 aliphatic heterocycles. The third-order valence-corrected chi connectivity index (χ3v) is 6.29. The van der Waals surface area contributed by atoms with E-state index in [1.807, 2.05) is 0 Å². The minimum absolute atomic E-state index is 0.00402. The van der Waals surface area contributed by atoms with Crippen molar-refractivity contribution in [2.45, 2.75) is 38.4 Å². The van der Waals surface area contributed by atoms with Gasteiger partial charge in [-0.15, -0.1) is 0 Å². The van der Waals surface area contributed by atoms with Crippen molar-refractivity contribution in [1.29, 1.82) is 0 Å². The number of nitrogens with one attached hydrogen (secondary N) is 1. The maximum atomic E-state index is 12.8. The molecule has 38 heavy (non-hydrogen) atoms. The Labute approximate surface area is 227 Å². The topological polar surface area (TPSA) is 126 Å². The average Bonchev–Trinajstić information content (AvgIpc) is 3.29. The van der Waals surface area contributed by atoms with Crippen molar-refractivity contribution < 1.29 is 28.5 Å². The van der Waals surface area contributed by atoms with Gasteiger partial charge in [0, 0.05) is 29.3 Å². The number of aromatic nitrogens is 2. The normalized spacial score (nSPS) is 18.8. The summed E-state index contributed by atoms with van der Waals surface area (Å²) in [5.41, 5.74) is -0.521. The molecule has 12 heteroatoms. The smallest absolute Gasteiger partial charge is 0.338 e. The van der Waals surface area contributed by atoms with E-state index in [4.69, 9.17) is 42.1 Å². The number of ether oxygens (including phenoxy) is 4. The van der Waals surface area contributed by atoms with Crippen LogP contribution in [-0.2, 0) is 25.6 Å². The summed E-state index contributed by atoms with van der Waals surface area (Å²) in [4.78, 5) is 52.3. The van der Waals surface area contributed by atoms with Crippen molar-refractivity contribution in [3.05, 3.63) is 102 Å². The minimum atomic E-state index is -0.915. The van der Waals surface area contributed by atoms with Gasteiger partial charge in [0.1, 0.15) is 25.0 Å². The number of carbonyl (C=O) groups is 2. The van der Waals surface area contributed by atoms with Crippen LogP contribution >= 0.6 is 23.2 Å². The largest absolute Gasteiger partial charge is 0.459 e. The van der Waals surface area contributed by atoms with Gasteiger partial charge in [-0.2, -0.15) is 0 Å². The summed E-state index contributed by atoms with van der Waals surface area (Å²) in [6.07, 6.45) is -1.29. The van der Waals surface area contributed by atoms with Crippen molar-refractivity contribution in [1.82, 2.24) is 9.55 Å². The molecular formula is C26H24Cl2N2O8. The third kappa shape index (κ3) is 6.70. The number of H-pyrrole nitrogens is 1. The van der Waals surface area contributed by atoms with Crippen molar-refractivity contribution in [3.8, 4) is 0 Å². The molecule has 0 radical (unpaired) electrons. The fourth-order valence-corrected chi connectivity index (χ4v) is 4.07. The number of benzene rings is 2. The van der Waals surface area contributed by atoms with Gasteiger partial charge in [0.05, 0.1) is 23.3 Å². The molecule has 1 N–H and O–H groups in total. The van der Waals surface area contributed by atoms with Crippen LogP contribution in [0.4, 0.5) is 0 Å². The monoisotopic (exact) mass is 562 g/mol. The molecule has 0 saturated carbocycles. The first kappa shape index (κ1) is 27.6. The van der Waals surface area contributed by atoms with Crippen LogP contribution in [0, 0.1) is 0 Å². The number of hydrogen-bond acceptors (Lipinski definition) is 8. The van der Waals surface area contributed by atoms with Gasteiger partial charge in [0.25, 0.3) is 5.56 Å². The molecule has 200 valence electrons. The van der Waals surface area contributed by atoms with Crippen molar-refractivity contribution in [2.75, 3.05) is 13.2 Å². The van der Waals surface area contributed by atoms with E-state index in [1.165, 1.54) is 35.0 Å². The molecule has 0 amide bonds. The third-order valence-electron chi connectivity index (χ3n) is 5.79. The first-order valence-electron chi connectivity index (χ1n) is 11.7. The summed E-state index contributed by atoms with van der Waals surface area (Å²) in [6.45, 7) is 1.89. The van der Waals surface area contributed by atoms with Crippen LogP contribution in [-0.4, -0.2) is 46.9 Å². The lowest BCUT2D eigenvalue weighted by atomic mass is 10.1. The molecule has 1 aliphatic rings. The molecule has 0 bridgehead atoms. The summed E-state index contributed by atoms with van der Waals surface area (Å²) in [7, 11) is 0. The molecule has 3 atom stereocenters. The zero-order chi connectivity index (χ0) is 27.2. The second kappa shape index (κ2) is 12.4. The Morgan fingerprint density at radius 1 is 1.00 bits per heavy atom. The van der Waals surface area contributed by atoms with Gasteiger partial charge in [-0.25, -0.2) is 14.4 Å². The molecule has 2 heterocycles. The van der Waals surface area contributed by atoms with Crippen LogP contribution in [0.5, 0.6) is 0 Å². The van der Waals surface area contributed by atoms with Gasteiger partial charge < -0.3 is 18.9 Å². The Morgan fingerprint density at radius 3 is 2.21 bits per heavy atom. The van der Waals surface area contributed by atoms with Gasteiger partial charge in [-0.05, 0) is 55.5 Å². The van der Waals surface area contributed by atoms with E-state index in [1.54, 1.807) is 31.2 Å². The number of esters is 2. The predicted octanol–water partition coefficient (Wildman–Crippen LogP) is 3.75. The summed E-state index contributed by atoms with van der Waals surface area (Å²) in [5, 5.41) is 0.922. The van der Waals surface area contributed by atoms with Crippen molar-refractivity contribution >= 4 is 35.1 Å². The van der Waals surface area contributed by atoms with E-state index < -0.39 is 41.6 Å². The SMILES string of the molecule is CCOCc1cn([C@H]2C[C@H](OC(=O)c3ccc(Cl)cc3)[C@@H](COC(=O)c3ccc(Cl)cc3)O2)c(=O)[nH]c1=O. The van der Waals surface area contributed by atoms with Gasteiger partial charge in [0.15, 0.2) is 0 Å². The molecule has 0 unspecified atom stereocenters. The Kier molecular flexibility index (Phi) is 9.01. The quantitative estimate of drug-likeness (QED) is 0.391. The molecule has 4 rings (SSSR count). The highest BCUT2D eigenvalue weighted by atomic mass is 35.5. The number of nitrogens with zero attached hydrogens (tertiary/aromatic N) is 1. The predicted molar refractivity (Wildman–Crippen MR) is 138 cm³/mol. The molecule has 1 fully saturated rings. The van der Waals surface area contributed by atoms with Crippen LogP contribution in [0.3, 0.4) is 0 Å². The standard InChI is InChI=1S/C26H24Cl2N2O8/c1-2-35-13-17-12-30(26(34)29-23(17)31)22-11-20(38-25(33)16-5-9-19(28)10-6-16)21(37-22)14-36-24(32)15-3-7-18(27)8-4-15/h3-10,12,20-22H,2,11,13-14H2,1H3,(H,29,31,34)/t20-,21+,22+/m0/s1. The number of hydrogen-bond donors (Lipinski definition) is 1. The Bertz CT molecular complexity index is 1400. The van der Waals surface area contributed by atoms with Crippen LogP contribution in [0.1, 0.15) is 45.9 Å². The lowest BCUT2D eigenvalue weighted by Crippen LogP contribution is -2.34. The first-order valence-corrected chi connectivity index (χ1v) is 12.5. The number of halogens is 2. The molecule has 3 aromatic rings. The van der Waals surface area contributed by atoms with E-state index in [0.717, 1.165) is 0 Å². The second-order valence-corrected chi connectivity index (χ2v) is 9.25. The maximum absolute atomic E-state index is 12.8. The van der Waals surface area contributed by atoms with Gasteiger partial charge in [-0.3, -0.25) is 14.3 Å². The summed E-state index contributed by atoms with van der Waals surface area (Å²) >= 11 is 11.8. The van der Waals surface area contributed by atoms with E-state index in [0.29, 0.717) is 16.7 Å². The zero-order valence-electron chi connectivity index (χ0n) is 20.2. The molecular weight excluding hydrogens is 539 g/mol. The zero-order valence-corrected chi connectivity index (χ0v) is 21.7. The Hall–Kier alpha value is -3.44. The fraction of sp³-hybridized carbons (Fsp3) is 0.308. The number of rotatable bonds is 9. The van der Waals surface area contributed by atoms with E-state index >= 15 is 0 Å². The second-order valence-electron chi connectivity index (χ2n) is 8.38. The van der Waals surface area contributed by atoms with Gasteiger partial charge in [-0.1, -0.05) is 23.2 Å². The highest BCUT2D eigenvalue weighted by Gasteiger charge is 2.40. The van der Waals surface area contributed by atoms with E-state index in [9.17, 15) is 19.2 Å². The lowest BCUT2D eigenvalue weighted by molar-refractivity contribution is -0.0583. The highest BCUT2D eigenvalue weighted by molar-refractivity contribution is 6.31. The summed E-state index contributed by atoms with van der Waals surface area (Å²) in [5.74, 6) is -1.27. The average molecular weight is 563 g/mol. The number of carbonyl (C=O) groups excluding carboxylic acids is 2. The Morgan fingerprint density at radius 2 is 1.61 bits per heavy atom. The van der Waals surface area contributed by atoms with E-state index in [2.05, 4.69) is 4.98 Å². The number of aromatic amines is 1. The van der Waals surface area contributed by atoms with Crippen LogP contribution < -0.4 is 11.2 Å². The molecule has 10 nitrogen and oxygen atoms in total. The summed E-state index contributed by atoms with van der Waals surface area (Å²) < 4.78 is 23.6. The van der Waals surface area contributed by atoms with Crippen LogP contribution in [0.25, 0.3) is 0 Å². The fourth-order valence-electron chi connectivity index (χ4n) is 3.82. The molecule has 0 aliphatic carbocycles. The summed E-state index contributed by atoms with van der Waals surface area (Å²) in [6, 6.07) is 12.3.